The number of benzene rings is 1. The van der Waals surface area contributed by atoms with Crippen molar-refractivity contribution in [2.75, 3.05) is 0 Å². The molecule has 1 amide bonds. The Labute approximate surface area is 121 Å². The molecule has 0 spiro atoms. The van der Waals surface area contributed by atoms with Crippen LogP contribution in [0, 0.1) is 6.92 Å². The summed E-state index contributed by atoms with van der Waals surface area (Å²) in [4.78, 5) is 13.2. The van der Waals surface area contributed by atoms with Crippen molar-refractivity contribution < 1.29 is 4.79 Å². The highest BCUT2D eigenvalue weighted by atomic mass is 32.1. The van der Waals surface area contributed by atoms with Gasteiger partial charge in [0.05, 0.1) is 6.54 Å². The second-order valence-electron chi connectivity index (χ2n) is 4.79. The zero-order valence-electron chi connectivity index (χ0n) is 11.3. The third-order valence-corrected chi connectivity index (χ3v) is 4.24. The van der Waals surface area contributed by atoms with Crippen molar-refractivity contribution in [3.63, 3.8) is 0 Å². The van der Waals surface area contributed by atoms with Gasteiger partial charge in [0.25, 0.3) is 0 Å². The van der Waals surface area contributed by atoms with Crippen molar-refractivity contribution >= 4 is 28.1 Å². The molecule has 2 heterocycles. The second kappa shape index (κ2) is 5.51. The van der Waals surface area contributed by atoms with Gasteiger partial charge in [0.1, 0.15) is 6.54 Å². The molecular weight excluding hydrogens is 268 g/mol. The Bertz CT molecular complexity index is 728. The molecule has 1 N–H and O–H groups in total. The van der Waals surface area contributed by atoms with Crippen LogP contribution in [-0.4, -0.2) is 10.5 Å². The minimum atomic E-state index is 0.0443. The summed E-state index contributed by atoms with van der Waals surface area (Å²) in [7, 11) is 0. The van der Waals surface area contributed by atoms with Crippen LogP contribution in [0.5, 0.6) is 0 Å². The fourth-order valence-electron chi connectivity index (χ4n) is 2.36. The fraction of sp³-hybridized carbons (Fsp3) is 0.188. The molecule has 0 saturated carbocycles. The van der Waals surface area contributed by atoms with E-state index in [2.05, 4.69) is 28.1 Å². The summed E-state index contributed by atoms with van der Waals surface area (Å²) in [5.74, 6) is 0.0443. The molecule has 2 aromatic heterocycles. The molecule has 0 fully saturated rings. The first-order valence-corrected chi connectivity index (χ1v) is 7.46. The summed E-state index contributed by atoms with van der Waals surface area (Å²) >= 11 is 1.66. The number of para-hydroxylation sites is 1. The van der Waals surface area contributed by atoms with E-state index in [9.17, 15) is 4.79 Å². The highest BCUT2D eigenvalue weighted by Crippen LogP contribution is 2.18. The van der Waals surface area contributed by atoms with Gasteiger partial charge in [0.2, 0.25) is 5.91 Å². The van der Waals surface area contributed by atoms with E-state index >= 15 is 0 Å². The van der Waals surface area contributed by atoms with Crippen LogP contribution in [0.4, 0.5) is 0 Å². The molecule has 3 nitrogen and oxygen atoms in total. The lowest BCUT2D eigenvalue weighted by Crippen LogP contribution is -2.27. The fourth-order valence-corrected chi connectivity index (χ4v) is 3.00. The average Bonchev–Trinajstić information content (AvgIpc) is 3.06. The first kappa shape index (κ1) is 12.9. The van der Waals surface area contributed by atoms with E-state index in [-0.39, 0.29) is 5.91 Å². The molecule has 0 unspecified atom stereocenters. The molecule has 0 aliphatic carbocycles. The van der Waals surface area contributed by atoms with Gasteiger partial charge in [-0.05, 0) is 35.9 Å². The molecule has 0 atom stereocenters. The van der Waals surface area contributed by atoms with Crippen LogP contribution < -0.4 is 5.32 Å². The summed E-state index contributed by atoms with van der Waals surface area (Å²) in [6.45, 7) is 3.01. The van der Waals surface area contributed by atoms with Crippen molar-refractivity contribution in [1.29, 1.82) is 0 Å². The summed E-state index contributed by atoms with van der Waals surface area (Å²) in [6, 6.07) is 14.3. The summed E-state index contributed by atoms with van der Waals surface area (Å²) < 4.78 is 2.05. The van der Waals surface area contributed by atoms with Gasteiger partial charge in [-0.2, -0.15) is 0 Å². The third kappa shape index (κ3) is 2.60. The third-order valence-electron chi connectivity index (χ3n) is 3.36. The molecule has 3 aromatic rings. The monoisotopic (exact) mass is 284 g/mol. The number of carbonyl (C=O) groups is 1. The molecule has 0 aliphatic heterocycles. The number of aromatic nitrogens is 1. The van der Waals surface area contributed by atoms with Gasteiger partial charge in [-0.1, -0.05) is 24.3 Å². The minimum absolute atomic E-state index is 0.0443. The molecule has 20 heavy (non-hydrogen) atoms. The number of carbonyl (C=O) groups excluding carboxylic acids is 1. The molecule has 0 radical (unpaired) electrons. The van der Waals surface area contributed by atoms with Gasteiger partial charge in [-0.3, -0.25) is 4.79 Å². The number of thiophene rings is 1. The number of fused-ring (bicyclic) bond motifs is 1. The molecule has 4 heteroatoms. The lowest BCUT2D eigenvalue weighted by atomic mass is 10.2. The number of nitrogens with zero attached hydrogens (tertiary/aromatic N) is 1. The number of amides is 1. The maximum atomic E-state index is 12.1. The smallest absolute Gasteiger partial charge is 0.240 e. The zero-order valence-corrected chi connectivity index (χ0v) is 12.1. The molecule has 3 rings (SSSR count). The molecule has 0 aliphatic rings. The van der Waals surface area contributed by atoms with Crippen molar-refractivity contribution in [2.24, 2.45) is 0 Å². The Hall–Kier alpha value is -2.07. The van der Waals surface area contributed by atoms with E-state index in [0.29, 0.717) is 13.1 Å². The van der Waals surface area contributed by atoms with Gasteiger partial charge in [-0.25, -0.2) is 0 Å². The Morgan fingerprint density at radius 3 is 2.90 bits per heavy atom. The number of hydrogen-bond acceptors (Lipinski definition) is 2. The normalized spacial score (nSPS) is 10.8. The van der Waals surface area contributed by atoms with Gasteiger partial charge >= 0.3 is 0 Å². The van der Waals surface area contributed by atoms with Crippen LogP contribution >= 0.6 is 11.3 Å². The van der Waals surface area contributed by atoms with Crippen LogP contribution in [0.1, 0.15) is 10.6 Å². The summed E-state index contributed by atoms with van der Waals surface area (Å²) in [5, 5.41) is 6.16. The predicted molar refractivity (Wildman–Crippen MR) is 82.8 cm³/mol. The number of aryl methyl sites for hydroxylation is 1. The van der Waals surface area contributed by atoms with E-state index in [1.54, 1.807) is 11.3 Å². The van der Waals surface area contributed by atoms with E-state index < -0.39 is 0 Å². The number of hydrogen-bond donors (Lipinski definition) is 1. The predicted octanol–water partition coefficient (Wildman–Crippen LogP) is 3.33. The zero-order chi connectivity index (χ0) is 13.9. The number of nitrogens with one attached hydrogen (secondary N) is 1. The standard InChI is InChI=1S/C16H16N2OS/c1-12-9-13-5-2-3-7-15(13)18(12)11-16(19)17-10-14-6-4-8-20-14/h2-9H,10-11H2,1H3,(H,17,19). The van der Waals surface area contributed by atoms with Gasteiger partial charge in [0, 0.05) is 16.1 Å². The van der Waals surface area contributed by atoms with Crippen molar-refractivity contribution in [2.45, 2.75) is 20.0 Å². The van der Waals surface area contributed by atoms with Crippen molar-refractivity contribution in [1.82, 2.24) is 9.88 Å². The van der Waals surface area contributed by atoms with Gasteiger partial charge in [-0.15, -0.1) is 11.3 Å². The Kier molecular flexibility index (Phi) is 3.56. The first-order chi connectivity index (χ1) is 9.74. The molecule has 0 saturated heterocycles. The van der Waals surface area contributed by atoms with Crippen molar-refractivity contribution in [3.8, 4) is 0 Å². The van der Waals surface area contributed by atoms with Crippen LogP contribution in [0.3, 0.4) is 0 Å². The van der Waals surface area contributed by atoms with Crippen molar-refractivity contribution in [3.05, 3.63) is 58.4 Å². The summed E-state index contributed by atoms with van der Waals surface area (Å²) in [6.07, 6.45) is 0. The SMILES string of the molecule is Cc1cc2ccccc2n1CC(=O)NCc1cccs1. The highest BCUT2D eigenvalue weighted by molar-refractivity contribution is 7.09. The van der Waals surface area contributed by atoms with Crippen LogP contribution in [-0.2, 0) is 17.9 Å². The lowest BCUT2D eigenvalue weighted by Gasteiger charge is -2.08. The Morgan fingerprint density at radius 2 is 2.10 bits per heavy atom. The second-order valence-corrected chi connectivity index (χ2v) is 5.82. The lowest BCUT2D eigenvalue weighted by molar-refractivity contribution is -0.121. The number of rotatable bonds is 4. The molecule has 102 valence electrons. The largest absolute Gasteiger partial charge is 0.350 e. The van der Waals surface area contributed by atoms with Crippen LogP contribution in [0.15, 0.2) is 47.8 Å². The van der Waals surface area contributed by atoms with Crippen LogP contribution in [0.2, 0.25) is 0 Å². The van der Waals surface area contributed by atoms with E-state index in [1.165, 1.54) is 10.3 Å². The Morgan fingerprint density at radius 1 is 1.25 bits per heavy atom. The maximum Gasteiger partial charge on any atom is 0.240 e. The average molecular weight is 284 g/mol. The maximum absolute atomic E-state index is 12.1. The van der Waals surface area contributed by atoms with E-state index in [1.807, 2.05) is 36.6 Å². The van der Waals surface area contributed by atoms with Gasteiger partial charge < -0.3 is 9.88 Å². The highest BCUT2D eigenvalue weighted by Gasteiger charge is 2.09. The topological polar surface area (TPSA) is 34.0 Å². The molecule has 0 bridgehead atoms. The first-order valence-electron chi connectivity index (χ1n) is 6.58. The van der Waals surface area contributed by atoms with E-state index in [4.69, 9.17) is 0 Å². The summed E-state index contributed by atoms with van der Waals surface area (Å²) in [5.41, 5.74) is 2.22. The molecule has 1 aromatic carbocycles. The molecular formula is C16H16N2OS. The quantitative estimate of drug-likeness (QED) is 0.783. The van der Waals surface area contributed by atoms with Crippen LogP contribution in [0.25, 0.3) is 10.9 Å². The van der Waals surface area contributed by atoms with Gasteiger partial charge in [0.15, 0.2) is 0 Å². The minimum Gasteiger partial charge on any atom is -0.350 e. The van der Waals surface area contributed by atoms with E-state index in [0.717, 1.165) is 11.2 Å². The Balaban J connectivity index is 1.72.